The minimum absolute atomic E-state index is 0.365. The van der Waals surface area contributed by atoms with Gasteiger partial charge in [0.05, 0.1) is 6.54 Å². The molecule has 0 saturated heterocycles. The lowest BCUT2D eigenvalue weighted by Gasteiger charge is -2.13. The van der Waals surface area contributed by atoms with Crippen molar-refractivity contribution in [3.05, 3.63) is 14.7 Å². The van der Waals surface area contributed by atoms with Gasteiger partial charge in [0.25, 0.3) is 0 Å². The van der Waals surface area contributed by atoms with Crippen molar-refractivity contribution < 1.29 is 18.3 Å². The van der Waals surface area contributed by atoms with E-state index in [1.54, 1.807) is 0 Å². The quantitative estimate of drug-likeness (QED) is 0.803. The Labute approximate surface area is 80.6 Å². The Hall–Kier alpha value is -0.890. The number of aromatic nitrogens is 2. The van der Waals surface area contributed by atoms with Crippen molar-refractivity contribution in [2.75, 3.05) is 0 Å². The molecule has 4 nitrogen and oxygen atoms in total. The fourth-order valence-electron chi connectivity index (χ4n) is 0.793. The number of halogens is 3. The van der Waals surface area contributed by atoms with E-state index in [2.05, 4.69) is 5.10 Å². The molecule has 1 N–H and O–H groups in total. The van der Waals surface area contributed by atoms with Gasteiger partial charge in [-0.25, -0.2) is 4.68 Å². The van der Waals surface area contributed by atoms with Gasteiger partial charge >= 0.3 is 11.0 Å². The lowest BCUT2D eigenvalue weighted by atomic mass is 10.3. The van der Waals surface area contributed by atoms with Crippen LogP contribution in [-0.2, 0) is 6.54 Å². The SMILES string of the molecule is Cc1nn(C[C@H](O)C(F)(F)F)c(=O)s1. The molecule has 1 atom stereocenters. The summed E-state index contributed by atoms with van der Waals surface area (Å²) < 4.78 is 36.3. The highest BCUT2D eigenvalue weighted by Gasteiger charge is 2.38. The van der Waals surface area contributed by atoms with Crippen molar-refractivity contribution >= 4 is 11.3 Å². The van der Waals surface area contributed by atoms with Crippen molar-refractivity contribution in [3.63, 3.8) is 0 Å². The van der Waals surface area contributed by atoms with Gasteiger partial charge in [-0.05, 0) is 6.92 Å². The van der Waals surface area contributed by atoms with Gasteiger partial charge in [-0.2, -0.15) is 18.3 Å². The second-order valence-electron chi connectivity index (χ2n) is 2.63. The summed E-state index contributed by atoms with van der Waals surface area (Å²) in [5, 5.41) is 12.5. The Kier molecular flexibility index (Phi) is 2.95. The standard InChI is InChI=1S/C6H7F3N2O2S/c1-3-10-11(5(13)14-3)2-4(12)6(7,8)9/h4,12H,2H2,1H3/t4-/m0/s1. The second-order valence-corrected chi connectivity index (χ2v) is 3.77. The number of hydrogen-bond donors (Lipinski definition) is 1. The summed E-state index contributed by atoms with van der Waals surface area (Å²) in [6.45, 7) is 0.648. The van der Waals surface area contributed by atoms with Crippen molar-refractivity contribution in [2.45, 2.75) is 25.7 Å². The van der Waals surface area contributed by atoms with E-state index in [4.69, 9.17) is 5.11 Å². The molecule has 1 rings (SSSR count). The number of alkyl halides is 3. The summed E-state index contributed by atoms with van der Waals surface area (Å²) >= 11 is 0.740. The molecule has 0 radical (unpaired) electrons. The van der Waals surface area contributed by atoms with Crippen LogP contribution in [0.25, 0.3) is 0 Å². The van der Waals surface area contributed by atoms with Crippen LogP contribution in [0.3, 0.4) is 0 Å². The van der Waals surface area contributed by atoms with Crippen LogP contribution in [-0.4, -0.2) is 27.2 Å². The highest BCUT2D eigenvalue weighted by atomic mass is 32.1. The number of aryl methyl sites for hydroxylation is 1. The third-order valence-corrected chi connectivity index (χ3v) is 2.19. The highest BCUT2D eigenvalue weighted by molar-refractivity contribution is 7.08. The van der Waals surface area contributed by atoms with Gasteiger partial charge in [-0.1, -0.05) is 11.3 Å². The molecule has 0 aliphatic rings. The Morgan fingerprint density at radius 1 is 1.64 bits per heavy atom. The van der Waals surface area contributed by atoms with E-state index in [1.165, 1.54) is 6.92 Å². The van der Waals surface area contributed by atoms with Crippen LogP contribution in [0.4, 0.5) is 13.2 Å². The molecule has 0 aromatic carbocycles. The number of nitrogens with zero attached hydrogens (tertiary/aromatic N) is 2. The zero-order valence-corrected chi connectivity index (χ0v) is 7.89. The molecule has 0 saturated carbocycles. The molecular weight excluding hydrogens is 221 g/mol. The maximum absolute atomic E-state index is 11.9. The van der Waals surface area contributed by atoms with Gasteiger partial charge in [-0.3, -0.25) is 4.79 Å². The van der Waals surface area contributed by atoms with Gasteiger partial charge in [0.1, 0.15) is 5.01 Å². The Balaban J connectivity index is 2.79. The van der Waals surface area contributed by atoms with Gasteiger partial charge in [0, 0.05) is 0 Å². The molecule has 1 heterocycles. The molecule has 80 valence electrons. The molecule has 0 aliphatic heterocycles. The molecular formula is C6H7F3N2O2S. The van der Waals surface area contributed by atoms with E-state index in [9.17, 15) is 18.0 Å². The topological polar surface area (TPSA) is 55.1 Å². The van der Waals surface area contributed by atoms with Gasteiger partial charge in [0.2, 0.25) is 0 Å². The Morgan fingerprint density at radius 3 is 2.57 bits per heavy atom. The van der Waals surface area contributed by atoms with E-state index in [1.807, 2.05) is 0 Å². The minimum Gasteiger partial charge on any atom is -0.382 e. The predicted molar refractivity (Wildman–Crippen MR) is 43.2 cm³/mol. The largest absolute Gasteiger partial charge is 0.416 e. The van der Waals surface area contributed by atoms with E-state index in [0.29, 0.717) is 9.69 Å². The average Bonchev–Trinajstić information content (AvgIpc) is 2.28. The normalized spacial score (nSPS) is 14.4. The first-order valence-corrected chi connectivity index (χ1v) is 4.41. The summed E-state index contributed by atoms with van der Waals surface area (Å²) in [6.07, 6.45) is -7.28. The average molecular weight is 228 g/mol. The number of aliphatic hydroxyl groups excluding tert-OH is 1. The molecule has 0 bridgehead atoms. The van der Waals surface area contributed by atoms with Crippen molar-refractivity contribution in [1.82, 2.24) is 9.78 Å². The molecule has 8 heteroatoms. The lowest BCUT2D eigenvalue weighted by molar-refractivity contribution is -0.208. The maximum Gasteiger partial charge on any atom is 0.416 e. The predicted octanol–water partition coefficient (Wildman–Crippen LogP) is 0.536. The third kappa shape index (κ3) is 2.55. The van der Waals surface area contributed by atoms with E-state index in [0.717, 1.165) is 11.3 Å². The van der Waals surface area contributed by atoms with Crippen LogP contribution < -0.4 is 4.87 Å². The van der Waals surface area contributed by atoms with Crippen LogP contribution in [0, 0.1) is 6.92 Å². The van der Waals surface area contributed by atoms with Gasteiger partial charge < -0.3 is 5.11 Å². The molecule has 1 aromatic rings. The summed E-state index contributed by atoms with van der Waals surface area (Å²) in [5.74, 6) is 0. The van der Waals surface area contributed by atoms with Crippen LogP contribution >= 0.6 is 11.3 Å². The van der Waals surface area contributed by atoms with E-state index >= 15 is 0 Å². The van der Waals surface area contributed by atoms with Gasteiger partial charge in [-0.15, -0.1) is 0 Å². The van der Waals surface area contributed by atoms with E-state index < -0.39 is 23.7 Å². The molecule has 0 spiro atoms. The first-order valence-electron chi connectivity index (χ1n) is 3.60. The summed E-state index contributed by atoms with van der Waals surface area (Å²) in [6, 6.07) is 0. The second kappa shape index (κ2) is 3.70. The molecule has 0 fully saturated rings. The van der Waals surface area contributed by atoms with Crippen LogP contribution in [0.1, 0.15) is 5.01 Å². The summed E-state index contributed by atoms with van der Waals surface area (Å²) in [5.41, 5.74) is 0. The Morgan fingerprint density at radius 2 is 2.21 bits per heavy atom. The summed E-state index contributed by atoms with van der Waals surface area (Å²) in [4.78, 5) is 10.3. The van der Waals surface area contributed by atoms with Crippen LogP contribution in [0.15, 0.2) is 4.79 Å². The number of rotatable bonds is 2. The van der Waals surface area contributed by atoms with Crippen molar-refractivity contribution in [3.8, 4) is 0 Å². The monoisotopic (exact) mass is 228 g/mol. The minimum atomic E-state index is -4.73. The smallest absolute Gasteiger partial charge is 0.382 e. The third-order valence-electron chi connectivity index (χ3n) is 1.43. The fraction of sp³-hybridized carbons (Fsp3) is 0.667. The highest BCUT2D eigenvalue weighted by Crippen LogP contribution is 2.20. The van der Waals surface area contributed by atoms with Gasteiger partial charge in [0.15, 0.2) is 6.10 Å². The van der Waals surface area contributed by atoms with Crippen molar-refractivity contribution in [1.29, 1.82) is 0 Å². The number of aliphatic hydroxyl groups is 1. The molecule has 0 aliphatic carbocycles. The zero-order chi connectivity index (χ0) is 10.9. The van der Waals surface area contributed by atoms with Crippen LogP contribution in [0.5, 0.6) is 0 Å². The first-order chi connectivity index (χ1) is 6.30. The van der Waals surface area contributed by atoms with Crippen molar-refractivity contribution in [2.24, 2.45) is 0 Å². The Bertz CT molecular complexity index is 370. The van der Waals surface area contributed by atoms with Crippen LogP contribution in [0.2, 0.25) is 0 Å². The lowest BCUT2D eigenvalue weighted by Crippen LogP contribution is -2.35. The first kappa shape index (κ1) is 11.2. The molecule has 1 aromatic heterocycles. The molecule has 14 heavy (non-hydrogen) atoms. The number of hydrogen-bond acceptors (Lipinski definition) is 4. The molecule has 0 amide bonds. The zero-order valence-electron chi connectivity index (χ0n) is 7.08. The van der Waals surface area contributed by atoms with E-state index in [-0.39, 0.29) is 0 Å². The molecule has 0 unspecified atom stereocenters. The fourth-order valence-corrected chi connectivity index (χ4v) is 1.41. The summed E-state index contributed by atoms with van der Waals surface area (Å²) in [7, 11) is 0. The maximum atomic E-state index is 11.9.